The summed E-state index contributed by atoms with van der Waals surface area (Å²) in [6, 6.07) is 6.71. The molecule has 0 amide bonds. The highest BCUT2D eigenvalue weighted by molar-refractivity contribution is 5.94. The van der Waals surface area contributed by atoms with E-state index in [0.717, 1.165) is 53.8 Å². The lowest BCUT2D eigenvalue weighted by Gasteiger charge is -2.33. The lowest BCUT2D eigenvalue weighted by Crippen LogP contribution is -2.33. The van der Waals surface area contributed by atoms with Crippen molar-refractivity contribution in [2.75, 3.05) is 25.0 Å². The summed E-state index contributed by atoms with van der Waals surface area (Å²) in [5.41, 5.74) is 6.65. The molecule has 0 saturated heterocycles. The van der Waals surface area contributed by atoms with Gasteiger partial charge >= 0.3 is 0 Å². The molecule has 7 heterocycles. The SMILES string of the molecule is CCN1CCc2c(cc(-c3nn4c5cc(ncc35)Nc3ccnc(n3)-c3cnn(C)c3OCC[C@@H]4C)n2C)C1C. The van der Waals surface area contributed by atoms with Gasteiger partial charge in [0.25, 0.3) is 0 Å². The molecule has 0 spiro atoms. The van der Waals surface area contributed by atoms with Crippen molar-refractivity contribution in [3.05, 3.63) is 48.0 Å². The highest BCUT2D eigenvalue weighted by Gasteiger charge is 2.29. The first-order chi connectivity index (χ1) is 19.4. The largest absolute Gasteiger partial charge is 0.477 e. The fourth-order valence-corrected chi connectivity index (χ4v) is 6.15. The number of anilines is 2. The quantitative estimate of drug-likeness (QED) is 0.346. The Hall–Kier alpha value is -4.25. The summed E-state index contributed by atoms with van der Waals surface area (Å²) in [6.07, 6.45) is 7.21. The van der Waals surface area contributed by atoms with Crippen LogP contribution in [0.5, 0.6) is 5.88 Å². The third kappa shape index (κ3) is 3.87. The highest BCUT2D eigenvalue weighted by atomic mass is 16.5. The summed E-state index contributed by atoms with van der Waals surface area (Å²) < 4.78 is 12.4. The Morgan fingerprint density at radius 3 is 2.83 bits per heavy atom. The molecule has 11 heteroatoms. The number of pyridine rings is 1. The van der Waals surface area contributed by atoms with E-state index in [2.05, 4.69) is 69.5 Å². The summed E-state index contributed by atoms with van der Waals surface area (Å²) in [7, 11) is 4.03. The average Bonchev–Trinajstić information content (AvgIpc) is 3.62. The molecule has 1 N–H and O–H groups in total. The second-order valence-electron chi connectivity index (χ2n) is 10.8. The third-order valence-corrected chi connectivity index (χ3v) is 8.49. The van der Waals surface area contributed by atoms with Crippen LogP contribution in [-0.4, -0.2) is 63.7 Å². The summed E-state index contributed by atoms with van der Waals surface area (Å²) in [4.78, 5) is 16.5. The third-order valence-electron chi connectivity index (χ3n) is 8.49. The second kappa shape index (κ2) is 9.44. The van der Waals surface area contributed by atoms with Crippen molar-refractivity contribution < 1.29 is 4.74 Å². The maximum Gasteiger partial charge on any atom is 0.222 e. The van der Waals surface area contributed by atoms with E-state index in [9.17, 15) is 0 Å². The normalized spacial score (nSPS) is 19.1. The molecule has 206 valence electrons. The van der Waals surface area contributed by atoms with Crippen molar-refractivity contribution in [2.45, 2.75) is 45.7 Å². The van der Waals surface area contributed by atoms with Crippen molar-refractivity contribution >= 4 is 22.5 Å². The van der Waals surface area contributed by atoms with Gasteiger partial charge in [-0.05, 0) is 38.1 Å². The minimum Gasteiger partial charge on any atom is -0.477 e. The number of aryl methyl sites for hydroxylation is 1. The van der Waals surface area contributed by atoms with Crippen LogP contribution in [0.1, 0.15) is 50.5 Å². The molecule has 0 radical (unpaired) electrons. The molecule has 2 atom stereocenters. The first-order valence-corrected chi connectivity index (χ1v) is 14.0. The topological polar surface area (TPSA) is 104 Å². The molecule has 1 unspecified atom stereocenters. The minimum absolute atomic E-state index is 0.0876. The van der Waals surface area contributed by atoms with Gasteiger partial charge in [-0.1, -0.05) is 6.92 Å². The molecule has 0 fully saturated rings. The molecule has 0 aromatic carbocycles. The Labute approximate surface area is 232 Å². The van der Waals surface area contributed by atoms with E-state index in [0.29, 0.717) is 36.0 Å². The molecule has 5 aromatic rings. The standard InChI is InChI=1S/C29H34N10O/c1-6-38-11-8-22-19(18(38)3)13-24(36(22)4)27-20-15-31-26-14-23(20)39(35-27)17(2)9-12-40-29-21(16-32-37(29)5)28-30-10-7-25(33-26)34-28/h7,10,13-18H,6,8-9,11-12H2,1-5H3,(H,30,31,33,34)/t17-,18?/m0/s1. The van der Waals surface area contributed by atoms with Gasteiger partial charge in [0.05, 0.1) is 30.1 Å². The van der Waals surface area contributed by atoms with Gasteiger partial charge in [-0.25, -0.2) is 19.6 Å². The number of fused-ring (bicyclic) bond motifs is 6. The van der Waals surface area contributed by atoms with Crippen molar-refractivity contribution in [2.24, 2.45) is 14.1 Å². The van der Waals surface area contributed by atoms with E-state index in [-0.39, 0.29) is 6.04 Å². The van der Waals surface area contributed by atoms with Crippen LogP contribution >= 0.6 is 0 Å². The Kier molecular flexibility index (Phi) is 5.85. The smallest absolute Gasteiger partial charge is 0.222 e. The Morgan fingerprint density at radius 2 is 1.98 bits per heavy atom. The second-order valence-corrected chi connectivity index (χ2v) is 10.8. The van der Waals surface area contributed by atoms with Gasteiger partial charge < -0.3 is 14.6 Å². The molecule has 4 bridgehead atoms. The zero-order chi connectivity index (χ0) is 27.5. The number of ether oxygens (including phenoxy) is 1. The van der Waals surface area contributed by atoms with Crippen LogP contribution in [0.25, 0.3) is 33.7 Å². The molecule has 2 aliphatic heterocycles. The van der Waals surface area contributed by atoms with Crippen molar-refractivity contribution in [3.8, 4) is 28.7 Å². The zero-order valence-corrected chi connectivity index (χ0v) is 23.6. The first kappa shape index (κ1) is 24.8. The monoisotopic (exact) mass is 538 g/mol. The number of hydrogen-bond donors (Lipinski definition) is 1. The predicted molar refractivity (Wildman–Crippen MR) is 154 cm³/mol. The van der Waals surface area contributed by atoms with E-state index in [4.69, 9.17) is 19.8 Å². The molecule has 0 aliphatic carbocycles. The number of aromatic nitrogens is 8. The maximum absolute atomic E-state index is 6.26. The molecule has 2 aliphatic rings. The maximum atomic E-state index is 6.26. The Bertz CT molecular complexity index is 1730. The summed E-state index contributed by atoms with van der Waals surface area (Å²) in [6.45, 7) is 9.36. The van der Waals surface area contributed by atoms with Crippen LogP contribution in [0.15, 0.2) is 36.8 Å². The first-order valence-electron chi connectivity index (χ1n) is 14.0. The van der Waals surface area contributed by atoms with Gasteiger partial charge in [0.1, 0.15) is 22.9 Å². The van der Waals surface area contributed by atoms with E-state index in [1.807, 2.05) is 19.3 Å². The molecular weight excluding hydrogens is 504 g/mol. The lowest BCUT2D eigenvalue weighted by atomic mass is 10.00. The van der Waals surface area contributed by atoms with E-state index >= 15 is 0 Å². The van der Waals surface area contributed by atoms with Crippen LogP contribution in [0.3, 0.4) is 0 Å². The molecular formula is C29H34N10O. The van der Waals surface area contributed by atoms with E-state index in [1.54, 1.807) is 17.1 Å². The summed E-state index contributed by atoms with van der Waals surface area (Å²) in [5.74, 6) is 2.55. The average molecular weight is 539 g/mol. The van der Waals surface area contributed by atoms with Crippen molar-refractivity contribution in [3.63, 3.8) is 0 Å². The number of nitrogens with zero attached hydrogens (tertiary/aromatic N) is 9. The fraction of sp³-hybridized carbons (Fsp3) is 0.414. The molecule has 7 rings (SSSR count). The minimum atomic E-state index is 0.0876. The molecule has 40 heavy (non-hydrogen) atoms. The molecule has 5 aromatic heterocycles. The summed E-state index contributed by atoms with van der Waals surface area (Å²) >= 11 is 0. The van der Waals surface area contributed by atoms with Gasteiger partial charge in [-0.15, -0.1) is 0 Å². The Balaban J connectivity index is 1.35. The van der Waals surface area contributed by atoms with Crippen LogP contribution in [-0.2, 0) is 20.5 Å². The van der Waals surface area contributed by atoms with Crippen molar-refractivity contribution in [1.82, 2.24) is 44.0 Å². The number of likely N-dealkylation sites (N-methyl/N-ethyl adjacent to an activating group) is 1. The van der Waals surface area contributed by atoms with E-state index in [1.165, 1.54) is 11.3 Å². The zero-order valence-electron chi connectivity index (χ0n) is 23.6. The van der Waals surface area contributed by atoms with Gasteiger partial charge in [-0.3, -0.25) is 9.58 Å². The molecule has 11 nitrogen and oxygen atoms in total. The van der Waals surface area contributed by atoms with Crippen LogP contribution in [0.4, 0.5) is 11.6 Å². The number of nitrogens with one attached hydrogen (secondary N) is 1. The van der Waals surface area contributed by atoms with Gasteiger partial charge in [0.2, 0.25) is 5.88 Å². The van der Waals surface area contributed by atoms with Gasteiger partial charge in [0, 0.05) is 69.1 Å². The van der Waals surface area contributed by atoms with E-state index < -0.39 is 0 Å². The molecule has 0 saturated carbocycles. The lowest BCUT2D eigenvalue weighted by molar-refractivity contribution is 0.207. The fourth-order valence-electron chi connectivity index (χ4n) is 6.15. The van der Waals surface area contributed by atoms with Gasteiger partial charge in [0.15, 0.2) is 5.82 Å². The Morgan fingerprint density at radius 1 is 1.10 bits per heavy atom. The number of hydrogen-bond acceptors (Lipinski definition) is 8. The number of rotatable bonds is 2. The van der Waals surface area contributed by atoms with Crippen LogP contribution in [0.2, 0.25) is 0 Å². The summed E-state index contributed by atoms with van der Waals surface area (Å²) in [5, 5.41) is 14.0. The predicted octanol–water partition coefficient (Wildman–Crippen LogP) is 4.65. The highest BCUT2D eigenvalue weighted by Crippen LogP contribution is 2.38. The van der Waals surface area contributed by atoms with Crippen LogP contribution in [0, 0.1) is 0 Å². The van der Waals surface area contributed by atoms with Gasteiger partial charge in [-0.2, -0.15) is 10.2 Å². The van der Waals surface area contributed by atoms with Crippen LogP contribution < -0.4 is 10.1 Å². The van der Waals surface area contributed by atoms with Crippen molar-refractivity contribution in [1.29, 1.82) is 0 Å².